The lowest BCUT2D eigenvalue weighted by Gasteiger charge is -2.42. The van der Waals surface area contributed by atoms with E-state index in [1.54, 1.807) is 0 Å². The van der Waals surface area contributed by atoms with Gasteiger partial charge < -0.3 is 15.5 Å². The van der Waals surface area contributed by atoms with Crippen molar-refractivity contribution in [3.63, 3.8) is 0 Å². The zero-order valence-corrected chi connectivity index (χ0v) is 13.0. The van der Waals surface area contributed by atoms with E-state index in [4.69, 9.17) is 0 Å². The molecular weight excluding hydrogens is 236 g/mol. The molecule has 112 valence electrons. The maximum atomic E-state index is 3.69. The highest BCUT2D eigenvalue weighted by molar-refractivity contribution is 4.85. The third-order valence-electron chi connectivity index (χ3n) is 4.55. The molecule has 0 saturated carbocycles. The van der Waals surface area contributed by atoms with Crippen LogP contribution in [-0.4, -0.2) is 67.8 Å². The molecular formula is C15H32N4. The van der Waals surface area contributed by atoms with Crippen LogP contribution in [0.4, 0.5) is 0 Å². The van der Waals surface area contributed by atoms with E-state index >= 15 is 0 Å². The SMILES string of the molecule is CNCN1CCC(N2CCC(NC(C)C)CC2)CC1. The van der Waals surface area contributed by atoms with Crippen LogP contribution in [0.1, 0.15) is 39.5 Å². The quantitative estimate of drug-likeness (QED) is 0.781. The molecule has 0 aromatic carbocycles. The molecule has 0 amide bonds. The van der Waals surface area contributed by atoms with Crippen molar-refractivity contribution in [3.05, 3.63) is 0 Å². The van der Waals surface area contributed by atoms with E-state index in [-0.39, 0.29) is 0 Å². The van der Waals surface area contributed by atoms with Gasteiger partial charge in [0, 0.05) is 37.9 Å². The van der Waals surface area contributed by atoms with Gasteiger partial charge in [0.05, 0.1) is 0 Å². The maximum Gasteiger partial charge on any atom is 0.0478 e. The molecule has 2 rings (SSSR count). The fraction of sp³-hybridized carbons (Fsp3) is 1.00. The van der Waals surface area contributed by atoms with Crippen molar-refractivity contribution in [2.75, 3.05) is 39.9 Å². The van der Waals surface area contributed by atoms with Crippen LogP contribution in [0.5, 0.6) is 0 Å². The molecule has 2 fully saturated rings. The van der Waals surface area contributed by atoms with Gasteiger partial charge in [-0.25, -0.2) is 0 Å². The molecule has 19 heavy (non-hydrogen) atoms. The van der Waals surface area contributed by atoms with Gasteiger partial charge in [-0.2, -0.15) is 0 Å². The number of nitrogens with one attached hydrogen (secondary N) is 2. The molecule has 4 heteroatoms. The number of nitrogens with zero attached hydrogens (tertiary/aromatic N) is 2. The van der Waals surface area contributed by atoms with Crippen LogP contribution in [-0.2, 0) is 0 Å². The number of rotatable bonds is 5. The summed E-state index contributed by atoms with van der Waals surface area (Å²) in [5, 5.41) is 6.95. The van der Waals surface area contributed by atoms with Crippen molar-refractivity contribution in [3.8, 4) is 0 Å². The van der Waals surface area contributed by atoms with Crippen LogP contribution < -0.4 is 10.6 Å². The Morgan fingerprint density at radius 1 is 1.00 bits per heavy atom. The van der Waals surface area contributed by atoms with Gasteiger partial charge in [-0.05, 0) is 45.8 Å². The second kappa shape index (κ2) is 7.58. The number of piperidine rings is 2. The lowest BCUT2D eigenvalue weighted by molar-refractivity contribution is 0.0806. The van der Waals surface area contributed by atoms with E-state index < -0.39 is 0 Å². The first-order chi connectivity index (χ1) is 9.19. The maximum absolute atomic E-state index is 3.69. The molecule has 0 aromatic rings. The van der Waals surface area contributed by atoms with E-state index in [0.29, 0.717) is 6.04 Å². The Morgan fingerprint density at radius 3 is 2.16 bits per heavy atom. The fourth-order valence-corrected chi connectivity index (χ4v) is 3.57. The predicted molar refractivity (Wildman–Crippen MR) is 81.4 cm³/mol. The standard InChI is InChI=1S/C15H32N4/c1-13(2)17-14-4-10-19(11-5-14)15-6-8-18(9-7-15)12-16-3/h13-17H,4-12H2,1-3H3. The molecule has 2 N–H and O–H groups in total. The van der Waals surface area contributed by atoms with E-state index in [0.717, 1.165) is 18.8 Å². The number of likely N-dealkylation sites (tertiary alicyclic amines) is 2. The van der Waals surface area contributed by atoms with E-state index in [2.05, 4.69) is 34.3 Å². The third kappa shape index (κ3) is 4.71. The molecule has 0 spiro atoms. The molecule has 0 radical (unpaired) electrons. The highest BCUT2D eigenvalue weighted by Crippen LogP contribution is 2.21. The second-order valence-electron chi connectivity index (χ2n) is 6.49. The molecule has 0 unspecified atom stereocenters. The average molecular weight is 268 g/mol. The van der Waals surface area contributed by atoms with Crippen molar-refractivity contribution in [2.24, 2.45) is 0 Å². The zero-order chi connectivity index (χ0) is 13.7. The zero-order valence-electron chi connectivity index (χ0n) is 13.0. The second-order valence-corrected chi connectivity index (χ2v) is 6.49. The summed E-state index contributed by atoms with van der Waals surface area (Å²) in [6.45, 7) is 10.7. The summed E-state index contributed by atoms with van der Waals surface area (Å²) in [7, 11) is 2.04. The van der Waals surface area contributed by atoms with Crippen LogP contribution >= 0.6 is 0 Å². The van der Waals surface area contributed by atoms with Crippen LogP contribution in [0.2, 0.25) is 0 Å². The average Bonchev–Trinajstić information content (AvgIpc) is 2.40. The summed E-state index contributed by atoms with van der Waals surface area (Å²) >= 11 is 0. The Bertz CT molecular complexity index is 241. The molecule has 0 bridgehead atoms. The van der Waals surface area contributed by atoms with Crippen LogP contribution in [0.15, 0.2) is 0 Å². The molecule has 2 aliphatic rings. The highest BCUT2D eigenvalue weighted by atomic mass is 15.2. The van der Waals surface area contributed by atoms with Crippen LogP contribution in [0.25, 0.3) is 0 Å². The Morgan fingerprint density at radius 2 is 1.63 bits per heavy atom. The Hall–Kier alpha value is -0.160. The number of hydrogen-bond acceptors (Lipinski definition) is 4. The summed E-state index contributed by atoms with van der Waals surface area (Å²) in [5.74, 6) is 0. The molecule has 2 saturated heterocycles. The largest absolute Gasteiger partial charge is 0.312 e. The van der Waals surface area contributed by atoms with Crippen molar-refractivity contribution in [1.82, 2.24) is 20.4 Å². The monoisotopic (exact) mass is 268 g/mol. The summed E-state index contributed by atoms with van der Waals surface area (Å²) < 4.78 is 0. The van der Waals surface area contributed by atoms with Crippen molar-refractivity contribution in [1.29, 1.82) is 0 Å². The first kappa shape index (κ1) is 15.2. The Labute approximate surface area is 118 Å². The van der Waals surface area contributed by atoms with E-state index in [9.17, 15) is 0 Å². The minimum Gasteiger partial charge on any atom is -0.312 e. The van der Waals surface area contributed by atoms with Gasteiger partial charge in [0.2, 0.25) is 0 Å². The molecule has 0 aliphatic carbocycles. The number of hydrogen-bond donors (Lipinski definition) is 2. The normalized spacial score (nSPS) is 25.3. The predicted octanol–water partition coefficient (Wildman–Crippen LogP) is 1.09. The minimum absolute atomic E-state index is 0.626. The third-order valence-corrected chi connectivity index (χ3v) is 4.55. The van der Waals surface area contributed by atoms with E-state index in [1.165, 1.54) is 51.9 Å². The molecule has 2 aliphatic heterocycles. The summed E-state index contributed by atoms with van der Waals surface area (Å²) in [4.78, 5) is 5.28. The van der Waals surface area contributed by atoms with Crippen molar-refractivity contribution >= 4 is 0 Å². The first-order valence-electron chi connectivity index (χ1n) is 8.06. The molecule has 4 nitrogen and oxygen atoms in total. The van der Waals surface area contributed by atoms with Gasteiger partial charge >= 0.3 is 0 Å². The van der Waals surface area contributed by atoms with Gasteiger partial charge in [-0.1, -0.05) is 13.8 Å². The molecule has 0 aromatic heterocycles. The van der Waals surface area contributed by atoms with E-state index in [1.807, 2.05) is 7.05 Å². The lowest BCUT2D eigenvalue weighted by atomic mass is 9.97. The van der Waals surface area contributed by atoms with Crippen molar-refractivity contribution in [2.45, 2.75) is 57.7 Å². The summed E-state index contributed by atoms with van der Waals surface area (Å²) in [6.07, 6.45) is 5.36. The summed E-state index contributed by atoms with van der Waals surface area (Å²) in [5.41, 5.74) is 0. The van der Waals surface area contributed by atoms with Gasteiger partial charge in [-0.15, -0.1) is 0 Å². The van der Waals surface area contributed by atoms with Gasteiger partial charge in [0.15, 0.2) is 0 Å². The first-order valence-corrected chi connectivity index (χ1v) is 8.06. The van der Waals surface area contributed by atoms with Crippen molar-refractivity contribution < 1.29 is 0 Å². The lowest BCUT2D eigenvalue weighted by Crippen LogP contribution is -2.51. The minimum atomic E-state index is 0.626. The topological polar surface area (TPSA) is 30.5 Å². The summed E-state index contributed by atoms with van der Waals surface area (Å²) in [6, 6.07) is 2.22. The van der Waals surface area contributed by atoms with Gasteiger partial charge in [0.25, 0.3) is 0 Å². The smallest absolute Gasteiger partial charge is 0.0478 e. The molecule has 0 atom stereocenters. The Kier molecular flexibility index (Phi) is 6.07. The van der Waals surface area contributed by atoms with Crippen LogP contribution in [0.3, 0.4) is 0 Å². The van der Waals surface area contributed by atoms with Gasteiger partial charge in [-0.3, -0.25) is 4.90 Å². The fourth-order valence-electron chi connectivity index (χ4n) is 3.57. The van der Waals surface area contributed by atoms with Gasteiger partial charge in [0.1, 0.15) is 0 Å². The highest BCUT2D eigenvalue weighted by Gasteiger charge is 2.27. The van der Waals surface area contributed by atoms with Crippen LogP contribution in [0, 0.1) is 0 Å². The molecule has 2 heterocycles. The Balaban J connectivity index is 1.68.